The standard InChI is InChI=1S/C17H23NO3/c1-13-12-16(8-7-15(13)6-4-5-11-19)17(21)18(3)10-9-14(2)20/h7-8,12,14,19-20H,5,9-11H2,1-3H3. The molecule has 0 aliphatic rings. The Kier molecular flexibility index (Phi) is 6.93. The van der Waals surface area contributed by atoms with Crippen molar-refractivity contribution in [2.24, 2.45) is 0 Å². The van der Waals surface area contributed by atoms with Crippen molar-refractivity contribution in [2.75, 3.05) is 20.2 Å². The lowest BCUT2D eigenvalue weighted by atomic mass is 10.0. The van der Waals surface area contributed by atoms with Gasteiger partial charge in [0.1, 0.15) is 0 Å². The van der Waals surface area contributed by atoms with Gasteiger partial charge in [-0.05, 0) is 44.0 Å². The Hall–Kier alpha value is -1.83. The van der Waals surface area contributed by atoms with Gasteiger partial charge >= 0.3 is 0 Å². The minimum absolute atomic E-state index is 0.0523. The van der Waals surface area contributed by atoms with Crippen LogP contribution >= 0.6 is 0 Å². The first-order valence-corrected chi connectivity index (χ1v) is 7.09. The van der Waals surface area contributed by atoms with E-state index in [9.17, 15) is 9.90 Å². The van der Waals surface area contributed by atoms with Crippen molar-refractivity contribution in [2.45, 2.75) is 32.8 Å². The normalized spacial score (nSPS) is 11.5. The van der Waals surface area contributed by atoms with Gasteiger partial charge in [0.2, 0.25) is 0 Å². The molecule has 1 atom stereocenters. The van der Waals surface area contributed by atoms with Crippen molar-refractivity contribution in [3.05, 3.63) is 34.9 Å². The van der Waals surface area contributed by atoms with Crippen LogP contribution < -0.4 is 0 Å². The van der Waals surface area contributed by atoms with Crippen molar-refractivity contribution >= 4 is 5.91 Å². The van der Waals surface area contributed by atoms with E-state index < -0.39 is 6.10 Å². The van der Waals surface area contributed by atoms with Gasteiger partial charge in [-0.1, -0.05) is 11.8 Å². The monoisotopic (exact) mass is 289 g/mol. The summed E-state index contributed by atoms with van der Waals surface area (Å²) in [6.45, 7) is 4.20. The van der Waals surface area contributed by atoms with E-state index in [1.165, 1.54) is 0 Å². The molecule has 114 valence electrons. The van der Waals surface area contributed by atoms with Gasteiger partial charge in [-0.2, -0.15) is 0 Å². The van der Waals surface area contributed by atoms with E-state index in [1.807, 2.05) is 19.1 Å². The minimum Gasteiger partial charge on any atom is -0.395 e. The molecular formula is C17H23NO3. The summed E-state index contributed by atoms with van der Waals surface area (Å²) in [6, 6.07) is 5.41. The van der Waals surface area contributed by atoms with Gasteiger partial charge in [-0.3, -0.25) is 4.79 Å². The molecule has 0 radical (unpaired) electrons. The number of rotatable bonds is 5. The number of amides is 1. The van der Waals surface area contributed by atoms with Crippen LogP contribution in [-0.4, -0.2) is 47.3 Å². The molecule has 1 aromatic carbocycles. The van der Waals surface area contributed by atoms with Crippen molar-refractivity contribution < 1.29 is 15.0 Å². The molecule has 4 nitrogen and oxygen atoms in total. The van der Waals surface area contributed by atoms with Crippen LogP contribution in [0.5, 0.6) is 0 Å². The Bertz CT molecular complexity index is 541. The highest BCUT2D eigenvalue weighted by Crippen LogP contribution is 2.12. The van der Waals surface area contributed by atoms with E-state index in [0.29, 0.717) is 24.9 Å². The van der Waals surface area contributed by atoms with E-state index in [4.69, 9.17) is 5.11 Å². The Labute approximate surface area is 126 Å². The molecule has 0 heterocycles. The maximum absolute atomic E-state index is 12.3. The lowest BCUT2D eigenvalue weighted by molar-refractivity contribution is 0.0769. The Balaban J connectivity index is 2.79. The number of aliphatic hydroxyl groups is 2. The summed E-state index contributed by atoms with van der Waals surface area (Å²) >= 11 is 0. The molecule has 21 heavy (non-hydrogen) atoms. The van der Waals surface area contributed by atoms with Crippen LogP contribution in [0.15, 0.2) is 18.2 Å². The zero-order chi connectivity index (χ0) is 15.8. The summed E-state index contributed by atoms with van der Waals surface area (Å²) in [4.78, 5) is 13.9. The van der Waals surface area contributed by atoms with Crippen molar-refractivity contribution in [1.82, 2.24) is 4.90 Å². The first-order valence-electron chi connectivity index (χ1n) is 7.09. The number of hydrogen-bond donors (Lipinski definition) is 2. The molecule has 1 unspecified atom stereocenters. The second-order valence-corrected chi connectivity index (χ2v) is 5.17. The number of carbonyl (C=O) groups excluding carboxylic acids is 1. The molecule has 0 aliphatic carbocycles. The second-order valence-electron chi connectivity index (χ2n) is 5.17. The molecule has 0 fully saturated rings. The molecule has 1 amide bonds. The van der Waals surface area contributed by atoms with Gasteiger partial charge in [-0.15, -0.1) is 0 Å². The molecule has 0 aliphatic heterocycles. The Morgan fingerprint density at radius 2 is 2.14 bits per heavy atom. The highest BCUT2D eigenvalue weighted by molar-refractivity contribution is 5.94. The fourth-order valence-electron chi connectivity index (χ4n) is 1.85. The fourth-order valence-corrected chi connectivity index (χ4v) is 1.85. The van der Waals surface area contributed by atoms with Crippen molar-refractivity contribution in [3.8, 4) is 11.8 Å². The number of aliphatic hydroxyl groups excluding tert-OH is 2. The molecule has 1 rings (SSSR count). The molecular weight excluding hydrogens is 266 g/mol. The number of nitrogens with zero attached hydrogens (tertiary/aromatic N) is 1. The fraction of sp³-hybridized carbons (Fsp3) is 0.471. The second kappa shape index (κ2) is 8.46. The number of hydrogen-bond acceptors (Lipinski definition) is 3. The zero-order valence-corrected chi connectivity index (χ0v) is 12.9. The van der Waals surface area contributed by atoms with Crippen LogP contribution in [0.4, 0.5) is 0 Å². The average Bonchev–Trinajstić information content (AvgIpc) is 2.45. The smallest absolute Gasteiger partial charge is 0.253 e. The zero-order valence-electron chi connectivity index (χ0n) is 12.9. The van der Waals surface area contributed by atoms with E-state index in [1.54, 1.807) is 24.9 Å². The lowest BCUT2D eigenvalue weighted by Crippen LogP contribution is -2.29. The van der Waals surface area contributed by atoms with Gasteiger partial charge in [0.25, 0.3) is 5.91 Å². The van der Waals surface area contributed by atoms with Gasteiger partial charge < -0.3 is 15.1 Å². The largest absolute Gasteiger partial charge is 0.395 e. The third kappa shape index (κ3) is 5.58. The summed E-state index contributed by atoms with van der Waals surface area (Å²) in [5, 5.41) is 18.0. The summed E-state index contributed by atoms with van der Waals surface area (Å²) in [5.41, 5.74) is 2.43. The first kappa shape index (κ1) is 17.2. The average molecular weight is 289 g/mol. The molecule has 2 N–H and O–H groups in total. The maximum Gasteiger partial charge on any atom is 0.253 e. The Morgan fingerprint density at radius 3 is 2.71 bits per heavy atom. The molecule has 0 saturated heterocycles. The summed E-state index contributed by atoms with van der Waals surface area (Å²) < 4.78 is 0. The van der Waals surface area contributed by atoms with Gasteiger partial charge in [0.05, 0.1) is 12.7 Å². The SMILES string of the molecule is Cc1cc(C(=O)N(C)CCC(C)O)ccc1C#CCCO. The molecule has 0 aromatic heterocycles. The van der Waals surface area contributed by atoms with Crippen LogP contribution in [0.2, 0.25) is 0 Å². The minimum atomic E-state index is -0.411. The van der Waals surface area contributed by atoms with E-state index in [0.717, 1.165) is 11.1 Å². The van der Waals surface area contributed by atoms with Crippen molar-refractivity contribution in [3.63, 3.8) is 0 Å². The topological polar surface area (TPSA) is 60.8 Å². The highest BCUT2D eigenvalue weighted by atomic mass is 16.3. The Morgan fingerprint density at radius 1 is 1.43 bits per heavy atom. The van der Waals surface area contributed by atoms with E-state index in [-0.39, 0.29) is 12.5 Å². The number of carbonyl (C=O) groups is 1. The molecule has 0 bridgehead atoms. The molecule has 0 spiro atoms. The van der Waals surface area contributed by atoms with Gasteiger partial charge in [0, 0.05) is 31.1 Å². The number of aryl methyl sites for hydroxylation is 1. The first-order chi connectivity index (χ1) is 9.95. The van der Waals surface area contributed by atoms with E-state index >= 15 is 0 Å². The molecule has 0 saturated carbocycles. The van der Waals surface area contributed by atoms with Crippen LogP contribution in [0.3, 0.4) is 0 Å². The van der Waals surface area contributed by atoms with Crippen LogP contribution in [-0.2, 0) is 0 Å². The van der Waals surface area contributed by atoms with Crippen LogP contribution in [0.25, 0.3) is 0 Å². The maximum atomic E-state index is 12.3. The predicted molar refractivity (Wildman–Crippen MR) is 83.0 cm³/mol. The quantitative estimate of drug-likeness (QED) is 0.809. The molecule has 1 aromatic rings. The van der Waals surface area contributed by atoms with E-state index in [2.05, 4.69) is 11.8 Å². The number of benzene rings is 1. The van der Waals surface area contributed by atoms with Gasteiger partial charge in [0.15, 0.2) is 0 Å². The van der Waals surface area contributed by atoms with Crippen LogP contribution in [0.1, 0.15) is 41.3 Å². The van der Waals surface area contributed by atoms with Crippen molar-refractivity contribution in [1.29, 1.82) is 0 Å². The third-order valence-corrected chi connectivity index (χ3v) is 3.16. The summed E-state index contributed by atoms with van der Waals surface area (Å²) in [6.07, 6.45) is 0.597. The highest BCUT2D eigenvalue weighted by Gasteiger charge is 2.13. The van der Waals surface area contributed by atoms with Crippen LogP contribution in [0, 0.1) is 18.8 Å². The predicted octanol–water partition coefficient (Wildman–Crippen LogP) is 1.57. The lowest BCUT2D eigenvalue weighted by Gasteiger charge is -2.18. The molecule has 4 heteroatoms. The summed E-state index contributed by atoms with van der Waals surface area (Å²) in [7, 11) is 1.73. The summed E-state index contributed by atoms with van der Waals surface area (Å²) in [5.74, 6) is 5.79. The van der Waals surface area contributed by atoms with Gasteiger partial charge in [-0.25, -0.2) is 0 Å². The third-order valence-electron chi connectivity index (χ3n) is 3.16.